The van der Waals surface area contributed by atoms with Crippen LogP contribution in [0.15, 0.2) is 12.3 Å². The number of fused-ring (bicyclic) bond motifs is 6. The first-order valence-corrected chi connectivity index (χ1v) is 18.0. The monoisotopic (exact) mass is 690 g/mol. The number of nitrogens with one attached hydrogen (secondary N) is 1. The number of thiophene rings is 1. The van der Waals surface area contributed by atoms with Crippen molar-refractivity contribution >= 4 is 43.1 Å². The van der Waals surface area contributed by atoms with Crippen molar-refractivity contribution in [3.8, 4) is 23.3 Å². The largest absolute Gasteiger partial charge is 0.463 e. The van der Waals surface area contributed by atoms with E-state index in [1.807, 2.05) is 6.07 Å². The lowest BCUT2D eigenvalue weighted by Gasteiger charge is -2.49. The lowest BCUT2D eigenvalue weighted by atomic mass is 9.85. The fourth-order valence-electron chi connectivity index (χ4n) is 8.69. The van der Waals surface area contributed by atoms with Crippen LogP contribution in [0, 0.1) is 40.1 Å². The Morgan fingerprint density at radius 1 is 1.12 bits per heavy atom. The third-order valence-corrected chi connectivity index (χ3v) is 12.3. The fraction of sp³-hybridized carbons (Fsp3) is 0.543. The number of benzene rings is 1. The summed E-state index contributed by atoms with van der Waals surface area (Å²) in [5, 5.41) is 13.7. The van der Waals surface area contributed by atoms with E-state index in [1.165, 1.54) is 6.20 Å². The maximum atomic E-state index is 16.8. The summed E-state index contributed by atoms with van der Waals surface area (Å²) in [6.45, 7) is 6.50. The molecule has 0 radical (unpaired) electrons. The number of hydrogen-bond donors (Lipinski definition) is 2. The summed E-state index contributed by atoms with van der Waals surface area (Å²) in [6.07, 6.45) is 7.82. The molecular weight excluding hydrogens is 654 g/mol. The van der Waals surface area contributed by atoms with E-state index in [0.717, 1.165) is 69.6 Å². The molecule has 4 atom stereocenters. The van der Waals surface area contributed by atoms with Crippen molar-refractivity contribution in [3.05, 3.63) is 35.3 Å². The first-order valence-electron chi connectivity index (χ1n) is 17.1. The summed E-state index contributed by atoms with van der Waals surface area (Å²) < 4.78 is 59.5. The summed E-state index contributed by atoms with van der Waals surface area (Å²) in [4.78, 5) is 18.6. The van der Waals surface area contributed by atoms with Crippen LogP contribution >= 0.6 is 11.3 Å². The molecule has 10 nitrogen and oxygen atoms in total. The number of ether oxygens (including phenoxy) is 2. The van der Waals surface area contributed by atoms with Gasteiger partial charge in [-0.05, 0) is 44.4 Å². The van der Waals surface area contributed by atoms with Crippen molar-refractivity contribution < 1.29 is 22.6 Å². The molecule has 3 N–H and O–H groups in total. The number of pyridine rings is 1. The Morgan fingerprint density at radius 3 is 2.55 bits per heavy atom. The Bertz CT molecular complexity index is 2010. The molecule has 4 saturated heterocycles. The lowest BCUT2D eigenvalue weighted by Crippen LogP contribution is -2.58. The minimum Gasteiger partial charge on any atom is -0.463 e. The molecule has 1 aromatic carbocycles. The van der Waals surface area contributed by atoms with Crippen LogP contribution in [0.4, 0.5) is 24.0 Å². The molecular formula is C35H37F3N8O2S. The van der Waals surface area contributed by atoms with Gasteiger partial charge in [0.2, 0.25) is 0 Å². The molecule has 0 amide bonds. The van der Waals surface area contributed by atoms with Gasteiger partial charge in [0.1, 0.15) is 39.7 Å². The SMILES string of the molecule is CC1CC2COCC(C1)N2CC1(COc2nc(N3CC4CCC(C3)N4)c3cnc(-c4c(F)cc(F)c5sc(N)c(C#N)c45)c(F)c3n2)CC1. The lowest BCUT2D eigenvalue weighted by molar-refractivity contribution is -0.0947. The third kappa shape index (κ3) is 5.28. The van der Waals surface area contributed by atoms with Gasteiger partial charge in [-0.15, -0.1) is 11.3 Å². The number of nitrogens with zero attached hydrogens (tertiary/aromatic N) is 6. The van der Waals surface area contributed by atoms with Gasteiger partial charge in [0.25, 0.3) is 0 Å². The predicted molar refractivity (Wildman–Crippen MR) is 180 cm³/mol. The average Bonchev–Trinajstić information content (AvgIpc) is 3.64. The van der Waals surface area contributed by atoms with Gasteiger partial charge in [-0.3, -0.25) is 9.88 Å². The quantitative estimate of drug-likeness (QED) is 0.261. The van der Waals surface area contributed by atoms with E-state index >= 15 is 8.78 Å². The van der Waals surface area contributed by atoms with Crippen LogP contribution in [0.1, 0.15) is 51.0 Å². The normalized spacial score (nSPS) is 27.5. The number of morpholine rings is 1. The molecule has 4 aromatic rings. The number of aromatic nitrogens is 3. The van der Waals surface area contributed by atoms with E-state index in [9.17, 15) is 9.65 Å². The van der Waals surface area contributed by atoms with Gasteiger partial charge in [0.05, 0.1) is 35.5 Å². The standard InChI is InChI=1S/C35H37F3N8O2S/c1-17-6-20-13-47-14-21(7-17)46(20)15-35(4-5-35)16-48-34-43-29-23(33(44-34)45-11-18-2-3-19(12-45)42-18)10-41-30(28(29)38)27-24(36)8-25(37)31-26(27)22(9-39)32(40)49-31/h8,10,17-21,42H,2-7,11-16,40H2,1H3. The first-order chi connectivity index (χ1) is 23.7. The highest BCUT2D eigenvalue weighted by Gasteiger charge is 2.49. The van der Waals surface area contributed by atoms with Gasteiger partial charge in [0.15, 0.2) is 5.82 Å². The van der Waals surface area contributed by atoms with Crippen LogP contribution in [0.5, 0.6) is 6.01 Å². The number of piperidine rings is 1. The van der Waals surface area contributed by atoms with Gasteiger partial charge in [-0.1, -0.05) is 6.92 Å². The number of nitriles is 1. The predicted octanol–water partition coefficient (Wildman–Crippen LogP) is 5.38. The Hall–Kier alpha value is -3.77. The van der Waals surface area contributed by atoms with Crippen LogP contribution in [0.25, 0.3) is 32.2 Å². The topological polar surface area (TPSA) is 125 Å². The molecule has 9 rings (SSSR count). The third-order valence-electron chi connectivity index (χ3n) is 11.3. The molecule has 5 fully saturated rings. The molecule has 49 heavy (non-hydrogen) atoms. The molecule has 0 spiro atoms. The molecule has 4 aliphatic heterocycles. The molecule has 4 unspecified atom stereocenters. The summed E-state index contributed by atoms with van der Waals surface area (Å²) in [6, 6.07) is 4.04. The summed E-state index contributed by atoms with van der Waals surface area (Å²) >= 11 is 0.814. The van der Waals surface area contributed by atoms with E-state index in [-0.39, 0.29) is 60.9 Å². The highest BCUT2D eigenvalue weighted by Crippen LogP contribution is 2.49. The maximum absolute atomic E-state index is 16.8. The van der Waals surface area contributed by atoms with Crippen molar-refractivity contribution in [3.63, 3.8) is 0 Å². The van der Waals surface area contributed by atoms with Gasteiger partial charge >= 0.3 is 6.01 Å². The fourth-order valence-corrected chi connectivity index (χ4v) is 9.62. The summed E-state index contributed by atoms with van der Waals surface area (Å²) in [7, 11) is 0. The molecule has 1 saturated carbocycles. The van der Waals surface area contributed by atoms with Crippen molar-refractivity contribution in [2.24, 2.45) is 11.3 Å². The van der Waals surface area contributed by atoms with E-state index in [2.05, 4.69) is 32.0 Å². The smallest absolute Gasteiger partial charge is 0.319 e. The van der Waals surface area contributed by atoms with Crippen LogP contribution in [0.2, 0.25) is 0 Å². The van der Waals surface area contributed by atoms with E-state index < -0.39 is 17.5 Å². The number of nitrogens with two attached hydrogens (primary N) is 1. The second-order valence-electron chi connectivity index (χ2n) is 14.8. The number of nitrogen functional groups attached to an aromatic ring is 1. The molecule has 1 aliphatic carbocycles. The molecule has 3 aromatic heterocycles. The number of rotatable bonds is 7. The molecule has 256 valence electrons. The molecule has 7 heterocycles. The van der Waals surface area contributed by atoms with Gasteiger partial charge in [-0.2, -0.15) is 15.2 Å². The van der Waals surface area contributed by atoms with Crippen LogP contribution in [-0.4, -0.2) is 83.5 Å². The van der Waals surface area contributed by atoms with Crippen LogP contribution in [-0.2, 0) is 4.74 Å². The van der Waals surface area contributed by atoms with Crippen molar-refractivity contribution in [2.75, 3.05) is 50.1 Å². The van der Waals surface area contributed by atoms with Gasteiger partial charge in [-0.25, -0.2) is 13.2 Å². The zero-order chi connectivity index (χ0) is 33.6. The summed E-state index contributed by atoms with van der Waals surface area (Å²) in [5.41, 5.74) is 5.06. The summed E-state index contributed by atoms with van der Waals surface area (Å²) in [5.74, 6) is -1.63. The van der Waals surface area contributed by atoms with Gasteiger partial charge in [0, 0.05) is 72.4 Å². The number of hydrogen-bond acceptors (Lipinski definition) is 11. The number of piperazine rings is 1. The Kier molecular flexibility index (Phi) is 7.43. The van der Waals surface area contributed by atoms with Crippen molar-refractivity contribution in [1.82, 2.24) is 25.2 Å². The van der Waals surface area contributed by atoms with Crippen LogP contribution < -0.4 is 20.7 Å². The molecule has 4 bridgehead atoms. The van der Waals surface area contributed by atoms with Crippen molar-refractivity contribution in [1.29, 1.82) is 5.26 Å². The van der Waals surface area contributed by atoms with Crippen LogP contribution in [0.3, 0.4) is 0 Å². The van der Waals surface area contributed by atoms with E-state index in [1.54, 1.807) is 0 Å². The zero-order valence-corrected chi connectivity index (χ0v) is 28.0. The molecule has 5 aliphatic rings. The highest BCUT2D eigenvalue weighted by atomic mass is 32.1. The minimum absolute atomic E-state index is 0.0160. The first kappa shape index (κ1) is 31.2. The second kappa shape index (κ2) is 11.7. The highest BCUT2D eigenvalue weighted by molar-refractivity contribution is 7.23. The Balaban J connectivity index is 1.11. The number of anilines is 2. The Labute approximate surface area is 285 Å². The number of halogens is 3. The van der Waals surface area contributed by atoms with Gasteiger partial charge < -0.3 is 25.4 Å². The van der Waals surface area contributed by atoms with E-state index in [4.69, 9.17) is 20.2 Å². The second-order valence-corrected chi connectivity index (χ2v) is 15.9. The Morgan fingerprint density at radius 2 is 1.86 bits per heavy atom. The van der Waals surface area contributed by atoms with Crippen molar-refractivity contribution in [2.45, 2.75) is 69.6 Å². The average molecular weight is 691 g/mol. The zero-order valence-electron chi connectivity index (χ0n) is 27.1. The minimum atomic E-state index is -1.05. The van der Waals surface area contributed by atoms with E-state index in [0.29, 0.717) is 55.0 Å². The molecule has 14 heteroatoms. The maximum Gasteiger partial charge on any atom is 0.319 e.